The molecule has 0 saturated carbocycles. The Kier molecular flexibility index (Phi) is 6.52. The zero-order valence-electron chi connectivity index (χ0n) is 15.2. The number of sulfonamides is 1. The summed E-state index contributed by atoms with van der Waals surface area (Å²) in [6, 6.07) is 5.26. The highest BCUT2D eigenvalue weighted by Crippen LogP contribution is 2.20. The van der Waals surface area contributed by atoms with Crippen molar-refractivity contribution in [2.45, 2.75) is 11.3 Å². The number of benzene rings is 1. The van der Waals surface area contributed by atoms with Crippen LogP contribution in [0.1, 0.15) is 15.9 Å². The summed E-state index contributed by atoms with van der Waals surface area (Å²) in [5.41, 5.74) is -0.301. The average Bonchev–Trinajstić information content (AvgIpc) is 2.67. The summed E-state index contributed by atoms with van der Waals surface area (Å²) >= 11 is 0. The van der Waals surface area contributed by atoms with Crippen molar-refractivity contribution in [2.75, 3.05) is 19.5 Å². The molecule has 0 atom stereocenters. The second-order valence-electron chi connectivity index (χ2n) is 5.31. The number of carbonyl (C=O) groups excluding carboxylic acids is 1. The first-order valence-electron chi connectivity index (χ1n) is 7.74. The van der Waals surface area contributed by atoms with Crippen molar-refractivity contribution < 1.29 is 32.6 Å². The van der Waals surface area contributed by atoms with Gasteiger partial charge in [0, 0.05) is 0 Å². The van der Waals surface area contributed by atoms with Crippen LogP contribution in [0.4, 0.5) is 10.7 Å². The predicted molar refractivity (Wildman–Crippen MR) is 97.2 cm³/mol. The molecule has 2 aromatic rings. The topological polar surface area (TPSA) is 181 Å². The molecule has 0 saturated heterocycles. The smallest absolute Gasteiger partial charge is 0.337 e. The van der Waals surface area contributed by atoms with Gasteiger partial charge in [-0.05, 0) is 17.7 Å². The Hall–Kier alpha value is -3.92. The normalized spacial score (nSPS) is 10.5. The summed E-state index contributed by atoms with van der Waals surface area (Å²) < 4.78 is 36.6. The molecule has 0 aliphatic carbocycles. The molecule has 0 aliphatic heterocycles. The molecule has 2 rings (SSSR count). The van der Waals surface area contributed by atoms with Crippen molar-refractivity contribution in [3.8, 4) is 17.8 Å². The number of aromatic nitrogens is 2. The van der Waals surface area contributed by atoms with E-state index in [0.717, 1.165) is 12.1 Å². The highest BCUT2D eigenvalue weighted by molar-refractivity contribution is 7.90. The number of nitriles is 1. The first kappa shape index (κ1) is 21.4. The Balaban J connectivity index is 2.32. The number of hydrogen-bond acceptors (Lipinski definition) is 9. The van der Waals surface area contributed by atoms with E-state index in [1.54, 1.807) is 4.72 Å². The fraction of sp³-hybridized carbons (Fsp3) is 0.188. The van der Waals surface area contributed by atoms with E-state index in [2.05, 4.69) is 15.3 Å². The van der Waals surface area contributed by atoms with Gasteiger partial charge in [0.25, 0.3) is 10.0 Å². The minimum Gasteiger partial charge on any atom is -0.481 e. The fourth-order valence-electron chi connectivity index (χ4n) is 2.14. The Morgan fingerprint density at radius 1 is 1.17 bits per heavy atom. The van der Waals surface area contributed by atoms with E-state index < -0.39 is 32.5 Å². The fourth-order valence-corrected chi connectivity index (χ4v) is 3.30. The van der Waals surface area contributed by atoms with Crippen LogP contribution in [-0.4, -0.2) is 49.7 Å². The van der Waals surface area contributed by atoms with Crippen molar-refractivity contribution in [1.82, 2.24) is 14.7 Å². The molecular weight excluding hydrogens is 406 g/mol. The van der Waals surface area contributed by atoms with Gasteiger partial charge < -0.3 is 14.6 Å². The molecule has 1 aromatic heterocycles. The van der Waals surface area contributed by atoms with Gasteiger partial charge in [0.2, 0.25) is 17.7 Å². The number of carbonyl (C=O) groups is 2. The predicted octanol–water partition coefficient (Wildman–Crippen LogP) is 0.768. The van der Waals surface area contributed by atoms with Gasteiger partial charge in [-0.3, -0.25) is 5.32 Å². The molecule has 1 aromatic carbocycles. The summed E-state index contributed by atoms with van der Waals surface area (Å²) in [5, 5.41) is 20.1. The minimum absolute atomic E-state index is 0.0485. The maximum Gasteiger partial charge on any atom is 0.337 e. The maximum absolute atomic E-state index is 12.6. The van der Waals surface area contributed by atoms with E-state index in [-0.39, 0.29) is 29.7 Å². The molecule has 12 nitrogen and oxygen atoms in total. The van der Waals surface area contributed by atoms with Crippen LogP contribution in [0.2, 0.25) is 0 Å². The van der Waals surface area contributed by atoms with Crippen LogP contribution in [0.5, 0.6) is 11.8 Å². The first-order valence-corrected chi connectivity index (χ1v) is 9.22. The molecule has 0 bridgehead atoms. The van der Waals surface area contributed by atoms with Gasteiger partial charge in [0.15, 0.2) is 0 Å². The number of methoxy groups -OCH3 is 2. The standard InChI is InChI=1S/C16H15N5O7S/c1-27-12-8-13(28-2)19-15(18-12)20-16(24)21-29(25,26)11-7-9(5-6-17)3-4-10(11)14(22)23/h3-4,7-8H,5H2,1-2H3,(H,22,23)(H2,18,19,20,21,24). The highest BCUT2D eigenvalue weighted by Gasteiger charge is 2.25. The third kappa shape index (κ3) is 5.30. The van der Waals surface area contributed by atoms with E-state index in [9.17, 15) is 23.1 Å². The summed E-state index contributed by atoms with van der Waals surface area (Å²) in [6.45, 7) is 0. The molecule has 0 unspecified atom stereocenters. The van der Waals surface area contributed by atoms with Crippen molar-refractivity contribution in [1.29, 1.82) is 5.26 Å². The Morgan fingerprint density at radius 2 is 1.79 bits per heavy atom. The van der Waals surface area contributed by atoms with E-state index >= 15 is 0 Å². The first-order chi connectivity index (χ1) is 13.7. The summed E-state index contributed by atoms with van der Waals surface area (Å²) in [7, 11) is -1.96. The number of amides is 2. The van der Waals surface area contributed by atoms with Crippen molar-refractivity contribution >= 4 is 28.0 Å². The lowest BCUT2D eigenvalue weighted by Gasteiger charge is -2.11. The molecule has 0 fully saturated rings. The lowest BCUT2D eigenvalue weighted by Crippen LogP contribution is -2.35. The monoisotopic (exact) mass is 421 g/mol. The lowest BCUT2D eigenvalue weighted by molar-refractivity contribution is 0.0692. The van der Waals surface area contributed by atoms with Crippen LogP contribution in [-0.2, 0) is 16.4 Å². The van der Waals surface area contributed by atoms with E-state index in [0.29, 0.717) is 0 Å². The van der Waals surface area contributed by atoms with E-state index in [4.69, 9.17) is 14.7 Å². The van der Waals surface area contributed by atoms with Crippen LogP contribution >= 0.6 is 0 Å². The summed E-state index contributed by atoms with van der Waals surface area (Å²) in [4.78, 5) is 30.4. The number of carboxylic acid groups (broad SMARTS) is 1. The Bertz CT molecular complexity index is 1070. The Labute approximate surface area is 165 Å². The quantitative estimate of drug-likeness (QED) is 0.577. The maximum atomic E-state index is 12.6. The largest absolute Gasteiger partial charge is 0.481 e. The number of hydrogen-bond donors (Lipinski definition) is 3. The summed E-state index contributed by atoms with van der Waals surface area (Å²) in [6.07, 6.45) is -0.147. The van der Waals surface area contributed by atoms with Crippen molar-refractivity contribution in [2.24, 2.45) is 0 Å². The number of carboxylic acids is 1. The molecule has 0 spiro atoms. The second kappa shape index (κ2) is 8.85. The van der Waals surface area contributed by atoms with Crippen LogP contribution < -0.4 is 19.5 Å². The number of urea groups is 1. The van der Waals surface area contributed by atoms with Gasteiger partial charge in [-0.25, -0.2) is 22.7 Å². The van der Waals surface area contributed by atoms with Gasteiger partial charge >= 0.3 is 12.0 Å². The molecule has 0 radical (unpaired) electrons. The van der Waals surface area contributed by atoms with Crippen molar-refractivity contribution in [3.05, 3.63) is 35.4 Å². The van der Waals surface area contributed by atoms with Gasteiger partial charge in [0.05, 0.1) is 38.3 Å². The SMILES string of the molecule is COc1cc(OC)nc(NC(=O)NS(=O)(=O)c2cc(CC#N)ccc2C(=O)O)n1. The van der Waals surface area contributed by atoms with Crippen molar-refractivity contribution in [3.63, 3.8) is 0 Å². The molecule has 3 N–H and O–H groups in total. The molecule has 2 amide bonds. The number of nitrogens with zero attached hydrogens (tertiary/aromatic N) is 3. The number of aromatic carboxylic acids is 1. The Morgan fingerprint density at radius 3 is 2.31 bits per heavy atom. The third-order valence-electron chi connectivity index (χ3n) is 3.40. The zero-order valence-corrected chi connectivity index (χ0v) is 16.0. The van der Waals surface area contributed by atoms with E-state index in [1.165, 1.54) is 26.4 Å². The average molecular weight is 421 g/mol. The van der Waals surface area contributed by atoms with Gasteiger partial charge in [0.1, 0.15) is 4.90 Å². The number of rotatable bonds is 7. The second-order valence-corrected chi connectivity index (χ2v) is 6.96. The van der Waals surface area contributed by atoms with Gasteiger partial charge in [-0.2, -0.15) is 15.2 Å². The lowest BCUT2D eigenvalue weighted by atomic mass is 10.1. The molecule has 152 valence electrons. The highest BCUT2D eigenvalue weighted by atomic mass is 32.2. The number of anilines is 1. The zero-order chi connectivity index (χ0) is 21.6. The minimum atomic E-state index is -4.60. The molecular formula is C16H15N5O7S. The molecule has 13 heteroatoms. The third-order valence-corrected chi connectivity index (χ3v) is 4.77. The summed E-state index contributed by atoms with van der Waals surface area (Å²) in [5.74, 6) is -1.74. The van der Waals surface area contributed by atoms with Crippen LogP contribution in [0.25, 0.3) is 0 Å². The van der Waals surface area contributed by atoms with Gasteiger partial charge in [-0.1, -0.05) is 6.07 Å². The molecule has 29 heavy (non-hydrogen) atoms. The number of ether oxygens (including phenoxy) is 2. The van der Waals surface area contributed by atoms with Crippen LogP contribution in [0, 0.1) is 11.3 Å². The molecule has 1 heterocycles. The van der Waals surface area contributed by atoms with E-state index in [1.807, 2.05) is 6.07 Å². The number of nitrogens with one attached hydrogen (secondary N) is 2. The van der Waals surface area contributed by atoms with Crippen LogP contribution in [0.15, 0.2) is 29.2 Å². The van der Waals surface area contributed by atoms with Gasteiger partial charge in [-0.15, -0.1) is 0 Å². The van der Waals surface area contributed by atoms with Crippen LogP contribution in [0.3, 0.4) is 0 Å². The molecule has 0 aliphatic rings.